The van der Waals surface area contributed by atoms with Gasteiger partial charge >= 0.3 is 5.69 Å². The Kier molecular flexibility index (Phi) is 2.52. The molecular weight excluding hydrogens is 238 g/mol. The molecule has 2 aliphatic rings. The number of imidazole rings is 1. The average molecular weight is 257 g/mol. The quantitative estimate of drug-likeness (QED) is 0.845. The molecule has 2 aromatic rings. The number of hydrogen-bond donors (Lipinski definition) is 1. The van der Waals surface area contributed by atoms with Gasteiger partial charge in [0.05, 0.1) is 11.0 Å². The Balaban J connectivity index is 1.75. The van der Waals surface area contributed by atoms with Crippen molar-refractivity contribution in [1.82, 2.24) is 14.5 Å². The van der Waals surface area contributed by atoms with E-state index >= 15 is 0 Å². The summed E-state index contributed by atoms with van der Waals surface area (Å²) in [5.41, 5.74) is 3.47. The topological polar surface area (TPSA) is 41.0 Å². The van der Waals surface area contributed by atoms with E-state index in [9.17, 15) is 4.79 Å². The lowest BCUT2D eigenvalue weighted by Gasteiger charge is -2.36. The van der Waals surface area contributed by atoms with Crippen LogP contribution in [-0.2, 0) is 13.0 Å². The Morgan fingerprint density at radius 1 is 1.16 bits per heavy atom. The zero-order valence-corrected chi connectivity index (χ0v) is 11.1. The van der Waals surface area contributed by atoms with Gasteiger partial charge in [0.1, 0.15) is 0 Å². The number of H-pyrrole nitrogens is 1. The van der Waals surface area contributed by atoms with Crippen LogP contribution in [-0.4, -0.2) is 33.6 Å². The predicted molar refractivity (Wildman–Crippen MR) is 75.5 cm³/mol. The van der Waals surface area contributed by atoms with Crippen molar-refractivity contribution in [2.75, 3.05) is 13.1 Å². The molecule has 1 fully saturated rings. The van der Waals surface area contributed by atoms with Gasteiger partial charge in [-0.05, 0) is 44.0 Å². The van der Waals surface area contributed by atoms with Gasteiger partial charge in [-0.25, -0.2) is 4.79 Å². The fourth-order valence-electron chi connectivity index (χ4n) is 3.69. The molecule has 1 aromatic carbocycles. The molecule has 0 amide bonds. The second-order valence-electron chi connectivity index (χ2n) is 5.81. The molecule has 4 heteroatoms. The van der Waals surface area contributed by atoms with Gasteiger partial charge in [-0.1, -0.05) is 18.6 Å². The van der Waals surface area contributed by atoms with E-state index in [2.05, 4.69) is 22.0 Å². The molecule has 0 bridgehead atoms. The van der Waals surface area contributed by atoms with Crippen molar-refractivity contribution in [1.29, 1.82) is 0 Å². The van der Waals surface area contributed by atoms with E-state index in [-0.39, 0.29) is 5.69 Å². The number of aromatic nitrogens is 2. The van der Waals surface area contributed by atoms with Crippen LogP contribution in [0.25, 0.3) is 11.0 Å². The fourth-order valence-corrected chi connectivity index (χ4v) is 3.69. The van der Waals surface area contributed by atoms with Crippen LogP contribution in [0.2, 0.25) is 0 Å². The molecule has 1 saturated heterocycles. The normalized spacial score (nSPS) is 23.9. The number of aromatic amines is 1. The summed E-state index contributed by atoms with van der Waals surface area (Å²) in [6, 6.07) is 6.71. The molecule has 2 aliphatic heterocycles. The second-order valence-corrected chi connectivity index (χ2v) is 5.81. The zero-order valence-electron chi connectivity index (χ0n) is 11.1. The molecule has 1 aromatic heterocycles. The summed E-state index contributed by atoms with van der Waals surface area (Å²) in [6.45, 7) is 3.22. The molecule has 0 radical (unpaired) electrons. The van der Waals surface area contributed by atoms with Crippen LogP contribution in [0, 0.1) is 0 Å². The van der Waals surface area contributed by atoms with Gasteiger partial charge in [-0.2, -0.15) is 0 Å². The van der Waals surface area contributed by atoms with Crippen molar-refractivity contribution in [3.05, 3.63) is 34.2 Å². The van der Waals surface area contributed by atoms with Crippen molar-refractivity contribution in [2.45, 2.75) is 38.3 Å². The Morgan fingerprint density at radius 3 is 2.84 bits per heavy atom. The third-order valence-corrected chi connectivity index (χ3v) is 4.63. The molecule has 1 unspecified atom stereocenters. The molecule has 4 nitrogen and oxygen atoms in total. The van der Waals surface area contributed by atoms with E-state index < -0.39 is 0 Å². The molecule has 0 spiro atoms. The van der Waals surface area contributed by atoms with Gasteiger partial charge in [-0.15, -0.1) is 0 Å². The van der Waals surface area contributed by atoms with E-state index in [0.717, 1.165) is 24.0 Å². The van der Waals surface area contributed by atoms with Crippen molar-refractivity contribution < 1.29 is 0 Å². The minimum atomic E-state index is 0.0455. The monoisotopic (exact) mass is 257 g/mol. The summed E-state index contributed by atoms with van der Waals surface area (Å²) < 4.78 is 1.94. The summed E-state index contributed by atoms with van der Waals surface area (Å²) in [5.74, 6) is 0. The first-order valence-electron chi connectivity index (χ1n) is 7.27. The maximum Gasteiger partial charge on any atom is 0.326 e. The van der Waals surface area contributed by atoms with Gasteiger partial charge in [0.2, 0.25) is 0 Å². The van der Waals surface area contributed by atoms with Crippen LogP contribution in [0.4, 0.5) is 0 Å². The SMILES string of the molecule is O=c1[nH]c2cccc3c2n1CC(N1CCCCC1)C3. The number of nitrogens with one attached hydrogen (secondary N) is 1. The number of hydrogen-bond acceptors (Lipinski definition) is 2. The lowest BCUT2D eigenvalue weighted by Crippen LogP contribution is -2.45. The van der Waals surface area contributed by atoms with Crippen LogP contribution in [0.15, 0.2) is 23.0 Å². The minimum absolute atomic E-state index is 0.0455. The summed E-state index contributed by atoms with van der Waals surface area (Å²) in [6.07, 6.45) is 5.04. The number of nitrogens with zero attached hydrogens (tertiary/aromatic N) is 2. The largest absolute Gasteiger partial charge is 0.326 e. The highest BCUT2D eigenvalue weighted by molar-refractivity contribution is 5.79. The van der Waals surface area contributed by atoms with E-state index in [1.54, 1.807) is 0 Å². The van der Waals surface area contributed by atoms with Crippen molar-refractivity contribution >= 4 is 11.0 Å². The maximum atomic E-state index is 12.1. The van der Waals surface area contributed by atoms with Crippen molar-refractivity contribution in [3.63, 3.8) is 0 Å². The second kappa shape index (κ2) is 4.23. The number of benzene rings is 1. The van der Waals surface area contributed by atoms with Crippen LogP contribution < -0.4 is 5.69 Å². The molecule has 0 aliphatic carbocycles. The first-order chi connectivity index (χ1) is 9.33. The van der Waals surface area contributed by atoms with Crippen molar-refractivity contribution in [3.8, 4) is 0 Å². The average Bonchev–Trinajstić information content (AvgIpc) is 2.78. The van der Waals surface area contributed by atoms with Gasteiger partial charge in [0, 0.05) is 12.6 Å². The summed E-state index contributed by atoms with van der Waals surface area (Å²) in [5, 5.41) is 0. The molecule has 100 valence electrons. The third-order valence-electron chi connectivity index (χ3n) is 4.63. The van der Waals surface area contributed by atoms with E-state index in [1.807, 2.05) is 10.6 Å². The van der Waals surface area contributed by atoms with Crippen LogP contribution in [0.3, 0.4) is 0 Å². The number of para-hydroxylation sites is 1. The first-order valence-corrected chi connectivity index (χ1v) is 7.27. The maximum absolute atomic E-state index is 12.1. The smallest absolute Gasteiger partial charge is 0.306 e. The van der Waals surface area contributed by atoms with Gasteiger partial charge in [-0.3, -0.25) is 9.47 Å². The number of rotatable bonds is 1. The Bertz CT molecular complexity index is 664. The predicted octanol–water partition coefficient (Wildman–Crippen LogP) is 1.74. The van der Waals surface area contributed by atoms with Crippen LogP contribution >= 0.6 is 0 Å². The minimum Gasteiger partial charge on any atom is -0.306 e. The highest BCUT2D eigenvalue weighted by atomic mass is 16.1. The number of piperidine rings is 1. The number of likely N-dealkylation sites (tertiary alicyclic amines) is 1. The van der Waals surface area contributed by atoms with E-state index in [4.69, 9.17) is 0 Å². The third kappa shape index (κ3) is 1.74. The van der Waals surface area contributed by atoms with Gasteiger partial charge in [0.15, 0.2) is 0 Å². The Morgan fingerprint density at radius 2 is 2.00 bits per heavy atom. The summed E-state index contributed by atoms with van der Waals surface area (Å²) in [4.78, 5) is 17.6. The molecule has 1 atom stereocenters. The van der Waals surface area contributed by atoms with E-state index in [0.29, 0.717) is 6.04 Å². The molecule has 0 saturated carbocycles. The summed E-state index contributed by atoms with van der Waals surface area (Å²) >= 11 is 0. The van der Waals surface area contributed by atoms with Gasteiger partial charge in [0.25, 0.3) is 0 Å². The zero-order chi connectivity index (χ0) is 12.8. The lowest BCUT2D eigenvalue weighted by atomic mass is 9.97. The fraction of sp³-hybridized carbons (Fsp3) is 0.533. The molecular formula is C15H19N3O. The highest BCUT2D eigenvalue weighted by Gasteiger charge is 2.27. The van der Waals surface area contributed by atoms with Crippen molar-refractivity contribution in [2.24, 2.45) is 0 Å². The molecule has 1 N–H and O–H groups in total. The Labute approximate surface area is 112 Å². The van der Waals surface area contributed by atoms with E-state index in [1.165, 1.54) is 37.9 Å². The molecule has 3 heterocycles. The Hall–Kier alpha value is -1.55. The first kappa shape index (κ1) is 11.3. The van der Waals surface area contributed by atoms with Gasteiger partial charge < -0.3 is 4.98 Å². The van der Waals surface area contributed by atoms with Crippen LogP contribution in [0.1, 0.15) is 24.8 Å². The molecule has 19 heavy (non-hydrogen) atoms. The standard InChI is InChI=1S/C15H19N3O/c19-15-16-13-6-4-5-11-9-12(10-18(15)14(11)13)17-7-2-1-3-8-17/h4-6,12H,1-3,7-10H2,(H,16,19). The van der Waals surface area contributed by atoms with Crippen LogP contribution in [0.5, 0.6) is 0 Å². The summed E-state index contributed by atoms with van der Waals surface area (Å²) in [7, 11) is 0. The molecule has 4 rings (SSSR count). The lowest BCUT2D eigenvalue weighted by molar-refractivity contribution is 0.144. The highest BCUT2D eigenvalue weighted by Crippen LogP contribution is 2.26.